The predicted octanol–water partition coefficient (Wildman–Crippen LogP) is 4.42. The molecule has 1 aliphatic heterocycles. The zero-order chi connectivity index (χ0) is 18.3. The maximum Gasteiger partial charge on any atom is 0.237 e. The van der Waals surface area contributed by atoms with Crippen LogP contribution in [0.2, 0.25) is 0 Å². The van der Waals surface area contributed by atoms with E-state index in [-0.39, 0.29) is 11.8 Å². The summed E-state index contributed by atoms with van der Waals surface area (Å²) in [6.07, 6.45) is 11.5. The molecule has 0 radical (unpaired) electrons. The SMILES string of the molecule is O=C(NN1CCCCC1)C1CC12CCC(c1ccnc3ccccc13)CC2. The highest BCUT2D eigenvalue weighted by Gasteiger charge is 2.58. The van der Waals surface area contributed by atoms with E-state index in [0.29, 0.717) is 11.3 Å². The summed E-state index contributed by atoms with van der Waals surface area (Å²) in [6.45, 7) is 2.03. The van der Waals surface area contributed by atoms with Gasteiger partial charge in [-0.15, -0.1) is 0 Å². The van der Waals surface area contributed by atoms with Gasteiger partial charge in [0.2, 0.25) is 5.91 Å². The highest BCUT2D eigenvalue weighted by atomic mass is 16.2. The molecule has 3 fully saturated rings. The van der Waals surface area contributed by atoms with E-state index in [4.69, 9.17) is 0 Å². The van der Waals surface area contributed by atoms with Crippen LogP contribution in [0.3, 0.4) is 0 Å². The van der Waals surface area contributed by atoms with Gasteiger partial charge in [-0.3, -0.25) is 15.2 Å². The van der Waals surface area contributed by atoms with Crippen LogP contribution in [-0.4, -0.2) is 29.0 Å². The standard InChI is InChI=1S/C23H29N3O/c27-22(25-26-14-4-1-5-15-26)20-16-23(20)11-8-17(9-12-23)18-10-13-24-21-7-3-2-6-19(18)21/h2-3,6-7,10,13,17,20H,1,4-5,8-9,11-12,14-16H2,(H,25,27). The molecule has 1 atom stereocenters. The molecule has 2 aromatic rings. The Morgan fingerprint density at radius 2 is 1.85 bits per heavy atom. The Morgan fingerprint density at radius 3 is 2.67 bits per heavy atom. The number of hydrazine groups is 1. The number of carbonyl (C=O) groups excluding carboxylic acids is 1. The van der Waals surface area contributed by atoms with E-state index in [1.54, 1.807) is 0 Å². The lowest BCUT2D eigenvalue weighted by molar-refractivity contribution is -0.128. The van der Waals surface area contributed by atoms with Crippen molar-refractivity contribution in [2.24, 2.45) is 11.3 Å². The third-order valence-electron chi connectivity index (χ3n) is 7.23. The van der Waals surface area contributed by atoms with E-state index in [9.17, 15) is 4.79 Å². The molecule has 2 aliphatic carbocycles. The molecule has 4 heteroatoms. The first kappa shape index (κ1) is 17.2. The lowest BCUT2D eigenvalue weighted by atomic mass is 9.75. The number of benzene rings is 1. The van der Waals surface area contributed by atoms with Gasteiger partial charge in [-0.2, -0.15) is 0 Å². The molecule has 142 valence electrons. The Balaban J connectivity index is 1.22. The van der Waals surface area contributed by atoms with Gasteiger partial charge < -0.3 is 0 Å². The highest BCUT2D eigenvalue weighted by Crippen LogP contribution is 2.63. The fourth-order valence-corrected chi connectivity index (χ4v) is 5.49. The first-order valence-electron chi connectivity index (χ1n) is 10.6. The second-order valence-electron chi connectivity index (χ2n) is 8.83. The average molecular weight is 364 g/mol. The number of hydrogen-bond donors (Lipinski definition) is 1. The highest BCUT2D eigenvalue weighted by molar-refractivity contribution is 5.83. The summed E-state index contributed by atoms with van der Waals surface area (Å²) in [4.78, 5) is 17.2. The number of fused-ring (bicyclic) bond motifs is 1. The van der Waals surface area contributed by atoms with E-state index in [1.165, 1.54) is 55.9 Å². The van der Waals surface area contributed by atoms with Crippen LogP contribution < -0.4 is 5.43 Å². The fourth-order valence-electron chi connectivity index (χ4n) is 5.49. The summed E-state index contributed by atoms with van der Waals surface area (Å²) < 4.78 is 0. The van der Waals surface area contributed by atoms with Gasteiger partial charge >= 0.3 is 0 Å². The van der Waals surface area contributed by atoms with Crippen LogP contribution in [0, 0.1) is 11.3 Å². The predicted molar refractivity (Wildman–Crippen MR) is 107 cm³/mol. The average Bonchev–Trinajstić information content (AvgIpc) is 3.42. The molecule has 27 heavy (non-hydrogen) atoms. The van der Waals surface area contributed by atoms with E-state index >= 15 is 0 Å². The van der Waals surface area contributed by atoms with Crippen molar-refractivity contribution in [3.8, 4) is 0 Å². The Labute approximate surface area is 161 Å². The van der Waals surface area contributed by atoms with Crippen LogP contribution in [0.4, 0.5) is 0 Å². The van der Waals surface area contributed by atoms with Crippen molar-refractivity contribution in [2.45, 2.75) is 57.3 Å². The number of piperidine rings is 1. The topological polar surface area (TPSA) is 45.2 Å². The van der Waals surface area contributed by atoms with Crippen molar-refractivity contribution in [1.82, 2.24) is 15.4 Å². The molecule has 1 N–H and O–H groups in total. The van der Waals surface area contributed by atoms with Crippen LogP contribution in [0.5, 0.6) is 0 Å². The van der Waals surface area contributed by atoms with Gasteiger partial charge in [-0.25, -0.2) is 5.01 Å². The Bertz CT molecular complexity index is 829. The minimum atomic E-state index is 0.245. The molecule has 1 spiro atoms. The van der Waals surface area contributed by atoms with Crippen molar-refractivity contribution in [3.63, 3.8) is 0 Å². The summed E-state index contributed by atoms with van der Waals surface area (Å²) in [7, 11) is 0. The molecule has 2 heterocycles. The van der Waals surface area contributed by atoms with Crippen LogP contribution >= 0.6 is 0 Å². The maximum absolute atomic E-state index is 12.7. The third-order valence-corrected chi connectivity index (χ3v) is 7.23. The fraction of sp³-hybridized carbons (Fsp3) is 0.565. The smallest absolute Gasteiger partial charge is 0.237 e. The molecule has 5 rings (SSSR count). The molecule has 1 saturated heterocycles. The number of nitrogens with one attached hydrogen (secondary N) is 1. The number of nitrogens with zero attached hydrogens (tertiary/aromatic N) is 2. The molecule has 1 aromatic heterocycles. The minimum Gasteiger partial charge on any atom is -0.289 e. The number of amides is 1. The summed E-state index contributed by atoms with van der Waals surface area (Å²) in [5.74, 6) is 1.13. The van der Waals surface area contributed by atoms with E-state index in [2.05, 4.69) is 45.8 Å². The van der Waals surface area contributed by atoms with Gasteiger partial charge in [-0.05, 0) is 74.0 Å². The van der Waals surface area contributed by atoms with Crippen LogP contribution in [-0.2, 0) is 4.79 Å². The van der Waals surface area contributed by atoms with Crippen LogP contribution in [0.15, 0.2) is 36.5 Å². The Morgan fingerprint density at radius 1 is 1.07 bits per heavy atom. The first-order valence-corrected chi connectivity index (χ1v) is 10.6. The molecule has 1 unspecified atom stereocenters. The zero-order valence-electron chi connectivity index (χ0n) is 16.0. The molecule has 4 nitrogen and oxygen atoms in total. The number of carbonyl (C=O) groups is 1. The lowest BCUT2D eigenvalue weighted by Gasteiger charge is -2.31. The second-order valence-corrected chi connectivity index (χ2v) is 8.83. The van der Waals surface area contributed by atoms with Crippen molar-refractivity contribution >= 4 is 16.8 Å². The second kappa shape index (κ2) is 6.90. The lowest BCUT2D eigenvalue weighted by Crippen LogP contribution is -2.46. The number of para-hydroxylation sites is 1. The number of pyridine rings is 1. The quantitative estimate of drug-likeness (QED) is 0.878. The first-order chi connectivity index (χ1) is 13.3. The number of hydrogen-bond acceptors (Lipinski definition) is 3. The van der Waals surface area contributed by atoms with E-state index in [0.717, 1.165) is 25.0 Å². The molecular formula is C23H29N3O. The van der Waals surface area contributed by atoms with Crippen LogP contribution in [0.25, 0.3) is 10.9 Å². The van der Waals surface area contributed by atoms with Gasteiger partial charge in [0.1, 0.15) is 0 Å². The van der Waals surface area contributed by atoms with Gasteiger partial charge in [0.05, 0.1) is 5.52 Å². The van der Waals surface area contributed by atoms with Crippen LogP contribution in [0.1, 0.15) is 62.8 Å². The number of aromatic nitrogens is 1. The van der Waals surface area contributed by atoms with E-state index in [1.807, 2.05) is 6.20 Å². The molecule has 3 aliphatic rings. The van der Waals surface area contributed by atoms with Crippen molar-refractivity contribution in [3.05, 3.63) is 42.1 Å². The Kier molecular flexibility index (Phi) is 4.39. The van der Waals surface area contributed by atoms with Crippen molar-refractivity contribution in [2.75, 3.05) is 13.1 Å². The van der Waals surface area contributed by atoms with Crippen molar-refractivity contribution in [1.29, 1.82) is 0 Å². The molecule has 0 bridgehead atoms. The van der Waals surface area contributed by atoms with Gasteiger partial charge in [0.15, 0.2) is 0 Å². The summed E-state index contributed by atoms with van der Waals surface area (Å²) in [5.41, 5.74) is 6.04. The van der Waals surface area contributed by atoms with Gasteiger partial charge in [-0.1, -0.05) is 24.6 Å². The van der Waals surface area contributed by atoms with Crippen molar-refractivity contribution < 1.29 is 4.79 Å². The van der Waals surface area contributed by atoms with Gasteiger partial charge in [0.25, 0.3) is 0 Å². The third kappa shape index (κ3) is 3.25. The summed E-state index contributed by atoms with van der Waals surface area (Å²) in [5, 5.41) is 3.45. The zero-order valence-corrected chi connectivity index (χ0v) is 16.0. The minimum absolute atomic E-state index is 0.245. The molecule has 1 aromatic carbocycles. The molecule has 1 amide bonds. The maximum atomic E-state index is 12.7. The molecule has 2 saturated carbocycles. The van der Waals surface area contributed by atoms with Gasteiger partial charge in [0, 0.05) is 30.6 Å². The van der Waals surface area contributed by atoms with E-state index < -0.39 is 0 Å². The summed E-state index contributed by atoms with van der Waals surface area (Å²) >= 11 is 0. The summed E-state index contributed by atoms with van der Waals surface area (Å²) in [6, 6.07) is 10.7. The normalized spacial score (nSPS) is 31.1. The molecular weight excluding hydrogens is 334 g/mol. The Hall–Kier alpha value is -1.94. The number of rotatable bonds is 3. The largest absolute Gasteiger partial charge is 0.289 e. The monoisotopic (exact) mass is 363 g/mol.